The highest BCUT2D eigenvalue weighted by atomic mass is 35.5. The van der Waals surface area contributed by atoms with Gasteiger partial charge in [0.1, 0.15) is 0 Å². The molecular weight excluding hydrogens is 352 g/mol. The first-order chi connectivity index (χ1) is 12.0. The van der Waals surface area contributed by atoms with Gasteiger partial charge in [0.15, 0.2) is 0 Å². The number of benzene rings is 2. The number of hydrogen-bond donors (Lipinski definition) is 2. The summed E-state index contributed by atoms with van der Waals surface area (Å²) in [4.78, 5) is 25.4. The Morgan fingerprint density at radius 1 is 1.04 bits per heavy atom. The van der Waals surface area contributed by atoms with Crippen molar-refractivity contribution in [2.45, 2.75) is 13.3 Å². The lowest BCUT2D eigenvalue weighted by atomic mass is 10.2. The average molecular weight is 375 g/mol. The highest BCUT2D eigenvalue weighted by Crippen LogP contribution is 2.11. The van der Waals surface area contributed by atoms with Gasteiger partial charge >= 0.3 is 0 Å². The first-order valence-electron chi connectivity index (χ1n) is 8.00. The molecule has 2 aromatic rings. The van der Waals surface area contributed by atoms with Gasteiger partial charge in [-0.15, -0.1) is 12.4 Å². The first kappa shape index (κ1) is 21.2. The van der Waals surface area contributed by atoms with E-state index in [2.05, 4.69) is 15.8 Å². The summed E-state index contributed by atoms with van der Waals surface area (Å²) in [6.07, 6.45) is 2.00. The standard InChI is InChI=1S/C19H22N4O2.ClH/c1-4-18(24)21-16-9-7-15(8-10-16)19(25)22-20-13-14-5-11-17(12-6-14)23(2)3;/h5-13H,4H2,1-3H3,(H,21,24)(H,22,25);1H/b20-13+;. The molecule has 7 heteroatoms. The van der Waals surface area contributed by atoms with Crippen molar-refractivity contribution in [1.82, 2.24) is 5.43 Å². The first-order valence-corrected chi connectivity index (χ1v) is 8.00. The van der Waals surface area contributed by atoms with Crippen LogP contribution in [-0.4, -0.2) is 32.1 Å². The Balaban J connectivity index is 0.00000338. The second-order valence-electron chi connectivity index (χ2n) is 5.66. The van der Waals surface area contributed by atoms with Gasteiger partial charge in [-0.05, 0) is 42.0 Å². The lowest BCUT2D eigenvalue weighted by Crippen LogP contribution is -2.17. The average Bonchev–Trinajstić information content (AvgIpc) is 2.62. The van der Waals surface area contributed by atoms with Gasteiger partial charge in [0.2, 0.25) is 5.91 Å². The summed E-state index contributed by atoms with van der Waals surface area (Å²) in [6, 6.07) is 14.5. The molecule has 0 aliphatic heterocycles. The highest BCUT2D eigenvalue weighted by molar-refractivity contribution is 5.96. The van der Waals surface area contributed by atoms with Crippen LogP contribution in [0.25, 0.3) is 0 Å². The number of hydrogen-bond acceptors (Lipinski definition) is 4. The van der Waals surface area contributed by atoms with E-state index in [0.29, 0.717) is 17.7 Å². The Bertz CT molecular complexity index is 756. The molecule has 0 saturated carbocycles. The third-order valence-electron chi connectivity index (χ3n) is 3.54. The second kappa shape index (κ2) is 10.2. The van der Waals surface area contributed by atoms with E-state index in [1.807, 2.05) is 43.3 Å². The normalized spacial score (nSPS) is 10.1. The van der Waals surface area contributed by atoms with E-state index < -0.39 is 0 Å². The number of hydrazone groups is 1. The summed E-state index contributed by atoms with van der Waals surface area (Å²) >= 11 is 0. The molecule has 0 heterocycles. The number of anilines is 2. The lowest BCUT2D eigenvalue weighted by molar-refractivity contribution is -0.115. The highest BCUT2D eigenvalue weighted by Gasteiger charge is 2.05. The van der Waals surface area contributed by atoms with Crippen molar-refractivity contribution in [3.63, 3.8) is 0 Å². The lowest BCUT2D eigenvalue weighted by Gasteiger charge is -2.11. The van der Waals surface area contributed by atoms with Crippen LogP contribution < -0.4 is 15.6 Å². The number of halogens is 1. The van der Waals surface area contributed by atoms with E-state index in [4.69, 9.17) is 0 Å². The number of nitrogens with zero attached hydrogens (tertiary/aromatic N) is 2. The van der Waals surface area contributed by atoms with Gasteiger partial charge in [0.05, 0.1) is 6.21 Å². The predicted octanol–water partition coefficient (Wildman–Crippen LogP) is 3.29. The van der Waals surface area contributed by atoms with Crippen LogP contribution in [0, 0.1) is 0 Å². The van der Waals surface area contributed by atoms with Gasteiger partial charge in [-0.1, -0.05) is 19.1 Å². The minimum absolute atomic E-state index is 0. The zero-order chi connectivity index (χ0) is 18.2. The molecule has 0 saturated heterocycles. The summed E-state index contributed by atoms with van der Waals surface area (Å²) < 4.78 is 0. The van der Waals surface area contributed by atoms with Crippen LogP contribution in [-0.2, 0) is 4.79 Å². The van der Waals surface area contributed by atoms with Crippen molar-refractivity contribution < 1.29 is 9.59 Å². The van der Waals surface area contributed by atoms with Crippen molar-refractivity contribution in [2.75, 3.05) is 24.3 Å². The zero-order valence-corrected chi connectivity index (χ0v) is 15.8. The van der Waals surface area contributed by atoms with Gasteiger partial charge < -0.3 is 10.2 Å². The molecule has 0 spiro atoms. The van der Waals surface area contributed by atoms with Crippen molar-refractivity contribution in [3.8, 4) is 0 Å². The molecule has 2 N–H and O–H groups in total. The van der Waals surface area contributed by atoms with Crippen LogP contribution in [0.15, 0.2) is 53.6 Å². The smallest absolute Gasteiger partial charge is 0.271 e. The van der Waals surface area contributed by atoms with Gasteiger partial charge in [-0.25, -0.2) is 5.43 Å². The third kappa shape index (κ3) is 6.22. The van der Waals surface area contributed by atoms with Crippen molar-refractivity contribution in [1.29, 1.82) is 0 Å². The molecular formula is C19H23ClN4O2. The molecule has 0 atom stereocenters. The van der Waals surface area contributed by atoms with Crippen LogP contribution >= 0.6 is 12.4 Å². The molecule has 26 heavy (non-hydrogen) atoms. The van der Waals surface area contributed by atoms with Crippen molar-refractivity contribution in [2.24, 2.45) is 5.10 Å². The number of carbonyl (C=O) groups excluding carboxylic acids is 2. The van der Waals surface area contributed by atoms with Crippen molar-refractivity contribution >= 4 is 41.8 Å². The summed E-state index contributed by atoms with van der Waals surface area (Å²) in [5, 5.41) is 6.70. The van der Waals surface area contributed by atoms with Gasteiger partial charge in [-0.2, -0.15) is 5.10 Å². The minimum atomic E-state index is -0.311. The molecule has 0 bridgehead atoms. The van der Waals surface area contributed by atoms with Gasteiger partial charge in [0.25, 0.3) is 5.91 Å². The summed E-state index contributed by atoms with van der Waals surface area (Å²) in [7, 11) is 3.95. The van der Waals surface area contributed by atoms with Crippen LogP contribution in [0.1, 0.15) is 29.3 Å². The fourth-order valence-corrected chi connectivity index (χ4v) is 2.04. The van der Waals surface area contributed by atoms with Gasteiger partial charge in [-0.3, -0.25) is 9.59 Å². The maximum atomic E-state index is 12.0. The van der Waals surface area contributed by atoms with E-state index in [-0.39, 0.29) is 24.2 Å². The fraction of sp³-hybridized carbons (Fsp3) is 0.211. The van der Waals surface area contributed by atoms with Crippen LogP contribution in [0.4, 0.5) is 11.4 Å². The van der Waals surface area contributed by atoms with E-state index in [1.165, 1.54) is 0 Å². The van der Waals surface area contributed by atoms with E-state index in [1.54, 1.807) is 37.4 Å². The molecule has 6 nitrogen and oxygen atoms in total. The van der Waals surface area contributed by atoms with Crippen LogP contribution in [0.3, 0.4) is 0 Å². The minimum Gasteiger partial charge on any atom is -0.378 e. The Morgan fingerprint density at radius 3 is 2.19 bits per heavy atom. The zero-order valence-electron chi connectivity index (χ0n) is 15.0. The van der Waals surface area contributed by atoms with Crippen LogP contribution in [0.5, 0.6) is 0 Å². The summed E-state index contributed by atoms with van der Waals surface area (Å²) in [6.45, 7) is 1.78. The van der Waals surface area contributed by atoms with Crippen LogP contribution in [0.2, 0.25) is 0 Å². The Hall–Kier alpha value is -2.86. The number of amides is 2. The molecule has 2 aromatic carbocycles. The maximum Gasteiger partial charge on any atom is 0.271 e. The Labute approximate surface area is 159 Å². The maximum absolute atomic E-state index is 12.0. The fourth-order valence-electron chi connectivity index (χ4n) is 2.04. The molecule has 138 valence electrons. The molecule has 2 rings (SSSR count). The number of carbonyl (C=O) groups is 2. The van der Waals surface area contributed by atoms with Crippen molar-refractivity contribution in [3.05, 3.63) is 59.7 Å². The molecule has 0 aromatic heterocycles. The summed E-state index contributed by atoms with van der Waals surface area (Å²) in [5.41, 5.74) is 5.60. The molecule has 0 unspecified atom stereocenters. The SMILES string of the molecule is CCC(=O)Nc1ccc(C(=O)N/N=C/c2ccc(N(C)C)cc2)cc1.Cl. The quantitative estimate of drug-likeness (QED) is 0.602. The number of nitrogens with one attached hydrogen (secondary N) is 2. The topological polar surface area (TPSA) is 73.8 Å². The number of rotatable bonds is 6. The van der Waals surface area contributed by atoms with E-state index >= 15 is 0 Å². The monoisotopic (exact) mass is 374 g/mol. The summed E-state index contributed by atoms with van der Waals surface area (Å²) in [5.74, 6) is -0.378. The molecule has 2 amide bonds. The van der Waals surface area contributed by atoms with Gasteiger partial charge in [0, 0.05) is 37.5 Å². The van der Waals surface area contributed by atoms with E-state index in [9.17, 15) is 9.59 Å². The molecule has 0 aliphatic rings. The molecule has 0 radical (unpaired) electrons. The molecule has 0 fully saturated rings. The largest absolute Gasteiger partial charge is 0.378 e. The Morgan fingerprint density at radius 2 is 1.65 bits per heavy atom. The van der Waals surface area contributed by atoms with E-state index in [0.717, 1.165) is 11.3 Å². The predicted molar refractivity (Wildman–Crippen MR) is 108 cm³/mol. The Kier molecular flexibility index (Phi) is 8.31. The molecule has 0 aliphatic carbocycles. The second-order valence-corrected chi connectivity index (χ2v) is 5.66. The third-order valence-corrected chi connectivity index (χ3v) is 3.54.